The summed E-state index contributed by atoms with van der Waals surface area (Å²) in [4.78, 5) is 0. The van der Waals surface area contributed by atoms with Crippen molar-refractivity contribution in [2.24, 2.45) is 5.92 Å². The van der Waals surface area contributed by atoms with E-state index >= 15 is 0 Å². The highest BCUT2D eigenvalue weighted by Gasteiger charge is 2.22. The third kappa shape index (κ3) is 4.72. The van der Waals surface area contributed by atoms with E-state index in [0.717, 1.165) is 11.3 Å². The Bertz CT molecular complexity index is 370. The standard InChI is InChI=1S/C17H27ClO/c1-5-8-14(9-6-2)17(18)15-12-13(4)10-11-16(15)19-7-3/h10-12,14,17H,5-9H2,1-4H3. The number of halogens is 1. The highest BCUT2D eigenvalue weighted by atomic mass is 35.5. The van der Waals surface area contributed by atoms with Gasteiger partial charge in [0.25, 0.3) is 0 Å². The molecule has 1 atom stereocenters. The molecule has 0 bridgehead atoms. The summed E-state index contributed by atoms with van der Waals surface area (Å²) in [6.07, 6.45) is 4.73. The molecule has 0 aromatic heterocycles. The number of benzene rings is 1. The molecule has 0 aliphatic rings. The molecule has 1 aromatic rings. The maximum Gasteiger partial charge on any atom is 0.123 e. The average Bonchev–Trinajstić information content (AvgIpc) is 2.40. The van der Waals surface area contributed by atoms with E-state index in [1.165, 1.54) is 31.2 Å². The van der Waals surface area contributed by atoms with Gasteiger partial charge in [0, 0.05) is 5.56 Å². The zero-order valence-electron chi connectivity index (χ0n) is 12.7. The molecule has 1 rings (SSSR count). The first-order valence-corrected chi connectivity index (χ1v) is 7.95. The van der Waals surface area contributed by atoms with Crippen molar-refractivity contribution in [3.8, 4) is 5.75 Å². The highest BCUT2D eigenvalue weighted by Crippen LogP contribution is 2.39. The highest BCUT2D eigenvalue weighted by molar-refractivity contribution is 6.21. The molecule has 108 valence electrons. The lowest BCUT2D eigenvalue weighted by Gasteiger charge is -2.24. The second-order valence-corrected chi connectivity index (χ2v) is 5.68. The molecule has 0 heterocycles. The van der Waals surface area contributed by atoms with Gasteiger partial charge in [-0.2, -0.15) is 0 Å². The monoisotopic (exact) mass is 282 g/mol. The largest absolute Gasteiger partial charge is 0.494 e. The minimum Gasteiger partial charge on any atom is -0.494 e. The van der Waals surface area contributed by atoms with Crippen LogP contribution in [0.15, 0.2) is 18.2 Å². The van der Waals surface area contributed by atoms with Gasteiger partial charge in [-0.15, -0.1) is 11.6 Å². The lowest BCUT2D eigenvalue weighted by Crippen LogP contribution is -2.10. The van der Waals surface area contributed by atoms with Crippen molar-refractivity contribution in [2.45, 2.75) is 58.8 Å². The molecule has 0 aliphatic carbocycles. The summed E-state index contributed by atoms with van der Waals surface area (Å²) in [7, 11) is 0. The van der Waals surface area contributed by atoms with Gasteiger partial charge in [-0.05, 0) is 38.7 Å². The predicted octanol–water partition coefficient (Wildman–Crippen LogP) is 5.89. The summed E-state index contributed by atoms with van der Waals surface area (Å²) in [5, 5.41) is 0.0568. The van der Waals surface area contributed by atoms with Crippen LogP contribution in [0.3, 0.4) is 0 Å². The molecule has 0 aliphatic heterocycles. The molecule has 0 fully saturated rings. The van der Waals surface area contributed by atoms with Gasteiger partial charge in [0.1, 0.15) is 5.75 Å². The first-order chi connectivity index (χ1) is 9.13. The Morgan fingerprint density at radius 3 is 2.26 bits per heavy atom. The van der Waals surface area contributed by atoms with Gasteiger partial charge >= 0.3 is 0 Å². The van der Waals surface area contributed by atoms with Crippen LogP contribution in [0.2, 0.25) is 0 Å². The van der Waals surface area contributed by atoms with Gasteiger partial charge < -0.3 is 4.74 Å². The van der Waals surface area contributed by atoms with Crippen molar-refractivity contribution >= 4 is 11.6 Å². The molecular weight excluding hydrogens is 256 g/mol. The molecule has 1 nitrogen and oxygen atoms in total. The molecule has 0 radical (unpaired) electrons. The van der Waals surface area contributed by atoms with Crippen molar-refractivity contribution in [1.29, 1.82) is 0 Å². The minimum absolute atomic E-state index is 0.0568. The van der Waals surface area contributed by atoms with Gasteiger partial charge in [-0.3, -0.25) is 0 Å². The molecule has 19 heavy (non-hydrogen) atoms. The smallest absolute Gasteiger partial charge is 0.123 e. The summed E-state index contributed by atoms with van der Waals surface area (Å²) in [6, 6.07) is 6.33. The van der Waals surface area contributed by atoms with E-state index in [-0.39, 0.29) is 5.38 Å². The lowest BCUT2D eigenvalue weighted by molar-refractivity contribution is 0.330. The quantitative estimate of drug-likeness (QED) is 0.540. The molecule has 0 N–H and O–H groups in total. The molecule has 1 aromatic carbocycles. The van der Waals surface area contributed by atoms with Gasteiger partial charge in [0.2, 0.25) is 0 Å². The first kappa shape index (κ1) is 16.4. The van der Waals surface area contributed by atoms with Crippen molar-refractivity contribution in [3.63, 3.8) is 0 Å². The molecule has 1 unspecified atom stereocenters. The topological polar surface area (TPSA) is 9.23 Å². The summed E-state index contributed by atoms with van der Waals surface area (Å²) in [5.74, 6) is 1.49. The fourth-order valence-electron chi connectivity index (χ4n) is 2.60. The first-order valence-electron chi connectivity index (χ1n) is 7.51. The average molecular weight is 283 g/mol. The number of rotatable bonds is 8. The Morgan fingerprint density at radius 1 is 1.11 bits per heavy atom. The number of aryl methyl sites for hydroxylation is 1. The Balaban J connectivity index is 3.00. The lowest BCUT2D eigenvalue weighted by atomic mass is 9.89. The van der Waals surface area contributed by atoms with Crippen LogP contribution in [-0.4, -0.2) is 6.61 Å². The third-order valence-corrected chi connectivity index (χ3v) is 4.09. The summed E-state index contributed by atoms with van der Waals surface area (Å²) < 4.78 is 5.74. The van der Waals surface area contributed by atoms with E-state index in [4.69, 9.17) is 16.3 Å². The van der Waals surface area contributed by atoms with Gasteiger partial charge in [-0.1, -0.05) is 44.4 Å². The van der Waals surface area contributed by atoms with Crippen molar-refractivity contribution in [2.75, 3.05) is 6.61 Å². The molecule has 0 saturated carbocycles. The zero-order chi connectivity index (χ0) is 14.3. The Hall–Kier alpha value is -0.690. The van der Waals surface area contributed by atoms with Crippen LogP contribution in [0.25, 0.3) is 0 Å². The van der Waals surface area contributed by atoms with Crippen molar-refractivity contribution in [1.82, 2.24) is 0 Å². The Labute approximate surface area is 123 Å². The van der Waals surface area contributed by atoms with E-state index in [1.807, 2.05) is 6.92 Å². The van der Waals surface area contributed by atoms with Gasteiger partial charge in [-0.25, -0.2) is 0 Å². The van der Waals surface area contributed by atoms with Gasteiger partial charge in [0.15, 0.2) is 0 Å². The number of hydrogen-bond acceptors (Lipinski definition) is 1. The van der Waals surface area contributed by atoms with Crippen molar-refractivity contribution in [3.05, 3.63) is 29.3 Å². The van der Waals surface area contributed by atoms with Crippen LogP contribution >= 0.6 is 11.6 Å². The molecule has 0 spiro atoms. The summed E-state index contributed by atoms with van der Waals surface area (Å²) in [5.41, 5.74) is 2.41. The van der Waals surface area contributed by atoms with Crippen LogP contribution < -0.4 is 4.74 Å². The van der Waals surface area contributed by atoms with E-state index in [9.17, 15) is 0 Å². The Morgan fingerprint density at radius 2 is 1.74 bits per heavy atom. The summed E-state index contributed by atoms with van der Waals surface area (Å²) >= 11 is 6.76. The van der Waals surface area contributed by atoms with Crippen LogP contribution in [-0.2, 0) is 0 Å². The SMILES string of the molecule is CCCC(CCC)C(Cl)c1cc(C)ccc1OCC. The summed E-state index contributed by atoms with van der Waals surface area (Å²) in [6.45, 7) is 9.27. The normalized spacial score (nSPS) is 12.7. The van der Waals surface area contributed by atoms with Crippen LogP contribution in [0.1, 0.15) is 63.0 Å². The fraction of sp³-hybridized carbons (Fsp3) is 0.647. The predicted molar refractivity (Wildman–Crippen MR) is 84.2 cm³/mol. The second kappa shape index (κ2) is 8.47. The van der Waals surface area contributed by atoms with Crippen molar-refractivity contribution < 1.29 is 4.74 Å². The molecule has 0 saturated heterocycles. The van der Waals surface area contributed by atoms with E-state index in [2.05, 4.69) is 39.0 Å². The van der Waals surface area contributed by atoms with E-state index < -0.39 is 0 Å². The van der Waals surface area contributed by atoms with E-state index in [1.54, 1.807) is 0 Å². The van der Waals surface area contributed by atoms with Crippen LogP contribution in [0, 0.1) is 12.8 Å². The maximum atomic E-state index is 6.76. The second-order valence-electron chi connectivity index (χ2n) is 5.21. The Kier molecular flexibility index (Phi) is 7.30. The minimum atomic E-state index is 0.0568. The molecule has 0 amide bonds. The maximum absolute atomic E-state index is 6.76. The number of alkyl halides is 1. The number of ether oxygens (including phenoxy) is 1. The fourth-order valence-corrected chi connectivity index (χ4v) is 3.03. The molecular formula is C17H27ClO. The third-order valence-electron chi connectivity index (χ3n) is 3.50. The van der Waals surface area contributed by atoms with Crippen LogP contribution in [0.5, 0.6) is 5.75 Å². The van der Waals surface area contributed by atoms with E-state index in [0.29, 0.717) is 12.5 Å². The zero-order valence-corrected chi connectivity index (χ0v) is 13.5. The van der Waals surface area contributed by atoms with Crippen LogP contribution in [0.4, 0.5) is 0 Å². The molecule has 2 heteroatoms. The van der Waals surface area contributed by atoms with Gasteiger partial charge in [0.05, 0.1) is 12.0 Å². The number of hydrogen-bond donors (Lipinski definition) is 0.